The van der Waals surface area contributed by atoms with Gasteiger partial charge < -0.3 is 5.32 Å². The topological polar surface area (TPSA) is 77.6 Å². The molecule has 0 unspecified atom stereocenters. The van der Waals surface area contributed by atoms with E-state index in [1.807, 2.05) is 80.7 Å². The second kappa shape index (κ2) is 8.11. The molecule has 158 valence electrons. The lowest BCUT2D eigenvalue weighted by Gasteiger charge is -2.07. The van der Waals surface area contributed by atoms with Crippen LogP contribution in [0, 0.1) is 13.8 Å². The van der Waals surface area contributed by atoms with Crippen LogP contribution in [0.4, 0.5) is 5.69 Å². The van der Waals surface area contributed by atoms with E-state index in [4.69, 9.17) is 0 Å². The number of fused-ring (bicyclic) bond motifs is 1. The van der Waals surface area contributed by atoms with Crippen molar-refractivity contribution in [3.63, 3.8) is 0 Å². The van der Waals surface area contributed by atoms with Crippen molar-refractivity contribution in [1.29, 1.82) is 0 Å². The van der Waals surface area contributed by atoms with Gasteiger partial charge in [0.15, 0.2) is 5.65 Å². The van der Waals surface area contributed by atoms with Gasteiger partial charge >= 0.3 is 0 Å². The van der Waals surface area contributed by atoms with Crippen molar-refractivity contribution < 1.29 is 4.79 Å². The van der Waals surface area contributed by atoms with Crippen molar-refractivity contribution in [1.82, 2.24) is 24.5 Å². The molecule has 1 amide bonds. The van der Waals surface area contributed by atoms with Crippen molar-refractivity contribution in [3.05, 3.63) is 102 Å². The van der Waals surface area contributed by atoms with E-state index in [2.05, 4.69) is 20.5 Å². The Morgan fingerprint density at radius 3 is 2.47 bits per heavy atom. The Balaban J connectivity index is 1.46. The molecule has 5 rings (SSSR count). The van der Waals surface area contributed by atoms with Gasteiger partial charge in [0, 0.05) is 11.9 Å². The summed E-state index contributed by atoms with van der Waals surface area (Å²) in [4.78, 5) is 17.9. The number of amides is 1. The maximum Gasteiger partial charge on any atom is 0.256 e. The number of carbonyl (C=O) groups excluding carboxylic acids is 1. The lowest BCUT2D eigenvalue weighted by molar-refractivity contribution is 0.102. The number of carbonyl (C=O) groups is 1. The summed E-state index contributed by atoms with van der Waals surface area (Å²) < 4.78 is 3.59. The average Bonchev–Trinajstić information content (AvgIpc) is 3.38. The Bertz CT molecular complexity index is 1400. The minimum atomic E-state index is -0.213. The molecule has 0 fully saturated rings. The predicted octanol–water partition coefficient (Wildman–Crippen LogP) is 4.53. The van der Waals surface area contributed by atoms with Crippen LogP contribution in [0.2, 0.25) is 0 Å². The number of aromatic nitrogens is 5. The van der Waals surface area contributed by atoms with Crippen molar-refractivity contribution in [3.8, 4) is 5.69 Å². The second-order valence-corrected chi connectivity index (χ2v) is 7.71. The quantitative estimate of drug-likeness (QED) is 0.451. The van der Waals surface area contributed by atoms with Crippen molar-refractivity contribution in [2.75, 3.05) is 5.32 Å². The van der Waals surface area contributed by atoms with Crippen LogP contribution in [0.1, 0.15) is 27.3 Å². The Labute approximate surface area is 185 Å². The van der Waals surface area contributed by atoms with Gasteiger partial charge in [-0.2, -0.15) is 10.2 Å². The van der Waals surface area contributed by atoms with Gasteiger partial charge in [0.25, 0.3) is 5.91 Å². The van der Waals surface area contributed by atoms with Gasteiger partial charge in [-0.3, -0.25) is 9.48 Å². The van der Waals surface area contributed by atoms with Gasteiger partial charge in [0.2, 0.25) is 0 Å². The fourth-order valence-corrected chi connectivity index (χ4v) is 3.83. The summed E-state index contributed by atoms with van der Waals surface area (Å²) >= 11 is 0. The largest absolute Gasteiger partial charge is 0.319 e. The summed E-state index contributed by atoms with van der Waals surface area (Å²) in [5.74, 6) is -0.213. The molecule has 7 nitrogen and oxygen atoms in total. The normalized spacial score (nSPS) is 11.1. The van der Waals surface area contributed by atoms with Crippen LogP contribution in [0.5, 0.6) is 0 Å². The fraction of sp³-hybridized carbons (Fsp3) is 0.120. The molecule has 2 aromatic carbocycles. The lowest BCUT2D eigenvalue weighted by Crippen LogP contribution is -2.13. The van der Waals surface area contributed by atoms with Crippen LogP contribution in [0.15, 0.2) is 79.1 Å². The first kappa shape index (κ1) is 19.7. The van der Waals surface area contributed by atoms with Crippen LogP contribution < -0.4 is 5.32 Å². The van der Waals surface area contributed by atoms with Crippen molar-refractivity contribution in [2.24, 2.45) is 0 Å². The number of hydrogen-bond acceptors (Lipinski definition) is 4. The molecule has 0 spiro atoms. The van der Waals surface area contributed by atoms with Gasteiger partial charge in [-0.05, 0) is 37.6 Å². The highest BCUT2D eigenvalue weighted by atomic mass is 16.1. The summed E-state index contributed by atoms with van der Waals surface area (Å²) in [6.07, 6.45) is 3.49. The van der Waals surface area contributed by atoms with Crippen LogP contribution in [0.3, 0.4) is 0 Å². The van der Waals surface area contributed by atoms with Gasteiger partial charge in [-0.15, -0.1) is 0 Å². The number of pyridine rings is 1. The van der Waals surface area contributed by atoms with E-state index in [0.29, 0.717) is 23.4 Å². The fourth-order valence-electron chi connectivity index (χ4n) is 3.83. The Hall–Kier alpha value is -4.26. The van der Waals surface area contributed by atoms with E-state index >= 15 is 0 Å². The van der Waals surface area contributed by atoms with Gasteiger partial charge in [-0.1, -0.05) is 48.5 Å². The first-order chi connectivity index (χ1) is 15.6. The maximum absolute atomic E-state index is 13.2. The van der Waals surface area contributed by atoms with E-state index in [1.54, 1.807) is 21.6 Å². The van der Waals surface area contributed by atoms with Crippen molar-refractivity contribution in [2.45, 2.75) is 20.4 Å². The number of rotatable bonds is 5. The summed E-state index contributed by atoms with van der Waals surface area (Å²) in [6.45, 7) is 4.41. The van der Waals surface area contributed by atoms with Gasteiger partial charge in [0.1, 0.15) is 0 Å². The first-order valence-electron chi connectivity index (χ1n) is 10.4. The van der Waals surface area contributed by atoms with Crippen LogP contribution in [-0.4, -0.2) is 30.5 Å². The molecular formula is C25H22N6O. The molecule has 1 N–H and O–H groups in total. The minimum absolute atomic E-state index is 0.213. The Morgan fingerprint density at radius 1 is 1.00 bits per heavy atom. The molecule has 7 heteroatoms. The Kier molecular flexibility index (Phi) is 4.99. The highest BCUT2D eigenvalue weighted by Crippen LogP contribution is 2.25. The molecule has 3 heterocycles. The minimum Gasteiger partial charge on any atom is -0.319 e. The first-order valence-corrected chi connectivity index (χ1v) is 10.4. The van der Waals surface area contributed by atoms with Crippen molar-refractivity contribution >= 4 is 22.6 Å². The summed E-state index contributed by atoms with van der Waals surface area (Å²) in [5.41, 5.74) is 5.39. The number of aryl methyl sites for hydroxylation is 2. The highest BCUT2D eigenvalue weighted by Gasteiger charge is 2.20. The summed E-state index contributed by atoms with van der Waals surface area (Å²) in [6, 6.07) is 21.7. The molecule has 5 aromatic rings. The molecule has 32 heavy (non-hydrogen) atoms. The molecule has 0 aliphatic heterocycles. The smallest absolute Gasteiger partial charge is 0.256 e. The molecule has 3 aromatic heterocycles. The molecule has 0 aliphatic rings. The number of nitrogens with zero attached hydrogens (tertiary/aromatic N) is 5. The number of nitrogens with one attached hydrogen (secondary N) is 1. The Morgan fingerprint density at radius 2 is 1.72 bits per heavy atom. The van der Waals surface area contributed by atoms with E-state index in [9.17, 15) is 4.79 Å². The molecular weight excluding hydrogens is 400 g/mol. The SMILES string of the molecule is Cc1cc(C(=O)Nc2cnn(Cc3ccccc3)c2)c2c(C)nn(-c3ccccc3)c2n1. The highest BCUT2D eigenvalue weighted by molar-refractivity contribution is 6.12. The molecule has 0 saturated carbocycles. The zero-order chi connectivity index (χ0) is 22.1. The monoisotopic (exact) mass is 422 g/mol. The zero-order valence-corrected chi connectivity index (χ0v) is 17.9. The van der Waals surface area contributed by atoms with Gasteiger partial charge in [-0.25, -0.2) is 9.67 Å². The number of anilines is 1. The molecule has 0 bridgehead atoms. The van der Waals surface area contributed by atoms with E-state index in [0.717, 1.165) is 28.0 Å². The average molecular weight is 422 g/mol. The number of benzene rings is 2. The van der Waals surface area contributed by atoms with Crippen LogP contribution >= 0.6 is 0 Å². The third kappa shape index (κ3) is 3.76. The molecule has 0 radical (unpaired) electrons. The number of hydrogen-bond donors (Lipinski definition) is 1. The molecule has 0 atom stereocenters. The van der Waals surface area contributed by atoms with E-state index < -0.39 is 0 Å². The van der Waals surface area contributed by atoms with Gasteiger partial charge in [0.05, 0.1) is 40.8 Å². The van der Waals surface area contributed by atoms with Crippen LogP contribution in [0.25, 0.3) is 16.7 Å². The summed E-state index contributed by atoms with van der Waals surface area (Å²) in [7, 11) is 0. The summed E-state index contributed by atoms with van der Waals surface area (Å²) in [5, 5.41) is 12.7. The van der Waals surface area contributed by atoms with E-state index in [1.165, 1.54) is 0 Å². The molecule has 0 saturated heterocycles. The number of para-hydroxylation sites is 1. The predicted molar refractivity (Wildman–Crippen MR) is 124 cm³/mol. The lowest BCUT2D eigenvalue weighted by atomic mass is 10.1. The van der Waals surface area contributed by atoms with E-state index in [-0.39, 0.29) is 5.91 Å². The third-order valence-corrected chi connectivity index (χ3v) is 5.26. The zero-order valence-electron chi connectivity index (χ0n) is 17.9. The van der Waals surface area contributed by atoms with Crippen LogP contribution in [-0.2, 0) is 6.54 Å². The standard InChI is InChI=1S/C25H22N6O/c1-17-13-22(23-18(2)29-31(24(23)27-17)21-11-7-4-8-12-21)25(32)28-20-14-26-30(16-20)15-19-9-5-3-6-10-19/h3-14,16H,15H2,1-2H3,(H,28,32). The molecule has 0 aliphatic carbocycles. The third-order valence-electron chi connectivity index (χ3n) is 5.26. The maximum atomic E-state index is 13.2. The second-order valence-electron chi connectivity index (χ2n) is 7.71.